The summed E-state index contributed by atoms with van der Waals surface area (Å²) >= 11 is 0. The standard InChI is InChI=1S/C24H22N2O6/c1-17-21(13-14-25(27)28)22(26(29)30)18(2)24(32-16-20-11-7-4-8-12-20)23(17)31-15-19-9-5-3-6-10-19/h3-14H,15-16H2,1-2H3. The van der Waals surface area contributed by atoms with Gasteiger partial charge in [0, 0.05) is 11.6 Å². The molecule has 0 fully saturated rings. The Morgan fingerprint density at radius 1 is 0.781 bits per heavy atom. The number of nitro benzene ring substituents is 1. The molecule has 0 saturated carbocycles. The van der Waals surface area contributed by atoms with Crippen LogP contribution in [0.5, 0.6) is 11.5 Å². The number of rotatable bonds is 9. The van der Waals surface area contributed by atoms with Crippen LogP contribution in [-0.4, -0.2) is 9.85 Å². The maximum absolute atomic E-state index is 11.9. The average molecular weight is 434 g/mol. The molecule has 0 bridgehead atoms. The van der Waals surface area contributed by atoms with Gasteiger partial charge in [-0.2, -0.15) is 0 Å². The molecule has 0 spiro atoms. The van der Waals surface area contributed by atoms with Crippen LogP contribution in [0.4, 0.5) is 5.69 Å². The molecule has 3 aromatic carbocycles. The molecule has 0 N–H and O–H groups in total. The van der Waals surface area contributed by atoms with E-state index in [4.69, 9.17) is 9.47 Å². The Labute approximate surface area is 185 Å². The lowest BCUT2D eigenvalue weighted by atomic mass is 9.99. The molecule has 8 nitrogen and oxygen atoms in total. The third-order valence-electron chi connectivity index (χ3n) is 4.90. The zero-order chi connectivity index (χ0) is 23.1. The van der Waals surface area contributed by atoms with Gasteiger partial charge in [-0.1, -0.05) is 60.7 Å². The third-order valence-corrected chi connectivity index (χ3v) is 4.90. The van der Waals surface area contributed by atoms with Crippen LogP contribution in [0, 0.1) is 34.1 Å². The zero-order valence-electron chi connectivity index (χ0n) is 17.7. The van der Waals surface area contributed by atoms with Crippen molar-refractivity contribution in [3.63, 3.8) is 0 Å². The van der Waals surface area contributed by atoms with Crippen molar-refractivity contribution >= 4 is 11.8 Å². The third kappa shape index (κ3) is 5.28. The summed E-state index contributed by atoms with van der Waals surface area (Å²) in [5, 5.41) is 22.7. The van der Waals surface area contributed by atoms with Crippen LogP contribution in [0.25, 0.3) is 6.08 Å². The van der Waals surface area contributed by atoms with Crippen molar-refractivity contribution in [2.75, 3.05) is 0 Å². The van der Waals surface area contributed by atoms with Crippen LogP contribution in [0.1, 0.15) is 27.8 Å². The summed E-state index contributed by atoms with van der Waals surface area (Å²) in [6.07, 6.45) is 1.80. The van der Waals surface area contributed by atoms with Gasteiger partial charge >= 0.3 is 0 Å². The maximum Gasteiger partial charge on any atom is 0.283 e. The number of hydrogen-bond donors (Lipinski definition) is 0. The zero-order valence-corrected chi connectivity index (χ0v) is 17.7. The van der Waals surface area contributed by atoms with E-state index in [1.807, 2.05) is 60.7 Å². The SMILES string of the molecule is Cc1c(C=C[N+](=O)[O-])c([N+](=O)[O-])c(C)c(OCc2ccccc2)c1OCc1ccccc1. The number of hydrogen-bond acceptors (Lipinski definition) is 6. The van der Waals surface area contributed by atoms with Crippen LogP contribution in [0.2, 0.25) is 0 Å². The van der Waals surface area contributed by atoms with Gasteiger partial charge in [0.05, 0.1) is 21.0 Å². The van der Waals surface area contributed by atoms with Gasteiger partial charge in [0.25, 0.3) is 5.69 Å². The molecule has 0 saturated heterocycles. The molecular weight excluding hydrogens is 412 g/mol. The minimum Gasteiger partial charge on any atom is -0.485 e. The number of nitrogens with zero attached hydrogens (tertiary/aromatic N) is 2. The summed E-state index contributed by atoms with van der Waals surface area (Å²) in [5.41, 5.74) is 2.27. The Morgan fingerprint density at radius 3 is 1.69 bits per heavy atom. The predicted molar refractivity (Wildman–Crippen MR) is 120 cm³/mol. The van der Waals surface area contributed by atoms with E-state index in [-0.39, 0.29) is 35.8 Å². The molecule has 0 radical (unpaired) electrons. The van der Waals surface area contributed by atoms with Crippen LogP contribution in [0.3, 0.4) is 0 Å². The van der Waals surface area contributed by atoms with Gasteiger partial charge in [0.1, 0.15) is 13.2 Å². The second kappa shape index (κ2) is 10.2. The minimum absolute atomic E-state index is 0.110. The summed E-state index contributed by atoms with van der Waals surface area (Å²) in [6.45, 7) is 3.57. The number of ether oxygens (including phenoxy) is 2. The van der Waals surface area contributed by atoms with Gasteiger partial charge in [0.2, 0.25) is 6.20 Å². The monoisotopic (exact) mass is 434 g/mol. The largest absolute Gasteiger partial charge is 0.485 e. The summed E-state index contributed by atoms with van der Waals surface area (Å²) in [7, 11) is 0. The summed E-state index contributed by atoms with van der Waals surface area (Å²) < 4.78 is 12.1. The molecule has 32 heavy (non-hydrogen) atoms. The molecule has 8 heteroatoms. The molecule has 164 valence electrons. The van der Waals surface area contributed by atoms with Gasteiger partial charge in [-0.25, -0.2) is 0 Å². The Kier molecular flexibility index (Phi) is 7.17. The fourth-order valence-electron chi connectivity index (χ4n) is 3.33. The molecule has 0 aliphatic heterocycles. The minimum atomic E-state index is -0.664. The molecule has 0 aliphatic rings. The second-order valence-electron chi connectivity index (χ2n) is 7.08. The van der Waals surface area contributed by atoms with Gasteiger partial charge in [-0.15, -0.1) is 0 Å². The van der Waals surface area contributed by atoms with E-state index in [2.05, 4.69) is 0 Å². The van der Waals surface area contributed by atoms with E-state index in [9.17, 15) is 20.2 Å². The van der Waals surface area contributed by atoms with Crippen LogP contribution >= 0.6 is 0 Å². The first kappa shape index (κ1) is 22.5. The topological polar surface area (TPSA) is 105 Å². The highest BCUT2D eigenvalue weighted by atomic mass is 16.6. The molecule has 0 aliphatic carbocycles. The van der Waals surface area contributed by atoms with E-state index < -0.39 is 9.85 Å². The lowest BCUT2D eigenvalue weighted by molar-refractivity contribution is -0.401. The lowest BCUT2D eigenvalue weighted by Gasteiger charge is -2.19. The summed E-state index contributed by atoms with van der Waals surface area (Å²) in [5.74, 6) is 0.558. The van der Waals surface area contributed by atoms with Crippen LogP contribution in [-0.2, 0) is 13.2 Å². The quantitative estimate of drug-likeness (QED) is 0.320. The highest BCUT2D eigenvalue weighted by Gasteiger charge is 2.28. The predicted octanol–water partition coefficient (Wildman–Crippen LogP) is 5.62. The van der Waals surface area contributed by atoms with Crippen molar-refractivity contribution in [1.29, 1.82) is 0 Å². The Morgan fingerprint density at radius 2 is 1.25 bits per heavy atom. The van der Waals surface area contributed by atoms with Crippen molar-refractivity contribution in [3.8, 4) is 11.5 Å². The van der Waals surface area contributed by atoms with E-state index in [1.165, 1.54) is 0 Å². The van der Waals surface area contributed by atoms with Gasteiger partial charge < -0.3 is 9.47 Å². The van der Waals surface area contributed by atoms with Crippen molar-refractivity contribution in [3.05, 3.63) is 115 Å². The van der Waals surface area contributed by atoms with Crippen molar-refractivity contribution in [1.82, 2.24) is 0 Å². The molecule has 3 rings (SSSR count). The fraction of sp³-hybridized carbons (Fsp3) is 0.167. The normalized spacial score (nSPS) is 10.8. The molecule has 0 amide bonds. The lowest BCUT2D eigenvalue weighted by Crippen LogP contribution is -2.08. The Balaban J connectivity index is 2.10. The summed E-state index contributed by atoms with van der Waals surface area (Å²) in [4.78, 5) is 21.5. The number of nitro groups is 2. The molecule has 0 heterocycles. The fourth-order valence-corrected chi connectivity index (χ4v) is 3.33. The molecule has 0 atom stereocenters. The van der Waals surface area contributed by atoms with Crippen LogP contribution in [0.15, 0.2) is 66.9 Å². The Hall–Kier alpha value is -4.20. The highest BCUT2D eigenvalue weighted by molar-refractivity contribution is 5.74. The van der Waals surface area contributed by atoms with Crippen molar-refractivity contribution < 1.29 is 19.3 Å². The second-order valence-corrected chi connectivity index (χ2v) is 7.08. The van der Waals surface area contributed by atoms with E-state index in [0.29, 0.717) is 17.5 Å². The first-order valence-electron chi connectivity index (χ1n) is 9.85. The van der Waals surface area contributed by atoms with Crippen molar-refractivity contribution in [2.24, 2.45) is 0 Å². The number of benzene rings is 3. The molecule has 0 unspecified atom stereocenters. The molecular formula is C24H22N2O6. The Bertz CT molecular complexity index is 1140. The first-order chi connectivity index (χ1) is 15.4. The molecule has 3 aromatic rings. The summed E-state index contributed by atoms with van der Waals surface area (Å²) in [6, 6.07) is 18.8. The molecule has 0 aromatic heterocycles. The first-order valence-corrected chi connectivity index (χ1v) is 9.85. The van der Waals surface area contributed by atoms with E-state index >= 15 is 0 Å². The van der Waals surface area contributed by atoms with Crippen LogP contribution < -0.4 is 9.47 Å². The van der Waals surface area contributed by atoms with Gasteiger partial charge in [0.15, 0.2) is 11.5 Å². The van der Waals surface area contributed by atoms with Gasteiger partial charge in [-0.05, 0) is 25.0 Å². The van der Waals surface area contributed by atoms with Crippen molar-refractivity contribution in [2.45, 2.75) is 27.1 Å². The highest BCUT2D eigenvalue weighted by Crippen LogP contribution is 2.44. The average Bonchev–Trinajstić information content (AvgIpc) is 2.78. The van der Waals surface area contributed by atoms with E-state index in [1.54, 1.807) is 13.8 Å². The van der Waals surface area contributed by atoms with Gasteiger partial charge in [-0.3, -0.25) is 20.2 Å². The smallest absolute Gasteiger partial charge is 0.283 e. The van der Waals surface area contributed by atoms with E-state index in [0.717, 1.165) is 17.2 Å². The maximum atomic E-state index is 11.9.